The third-order valence-corrected chi connectivity index (χ3v) is 4.07. The zero-order valence-corrected chi connectivity index (χ0v) is 12.6. The van der Waals surface area contributed by atoms with Crippen molar-refractivity contribution in [2.75, 3.05) is 18.0 Å². The van der Waals surface area contributed by atoms with E-state index in [1.54, 1.807) is 15.9 Å². The van der Waals surface area contributed by atoms with Crippen LogP contribution in [0.25, 0.3) is 0 Å². The minimum absolute atomic E-state index is 0.0445. The lowest BCUT2D eigenvalue weighted by Gasteiger charge is -2.17. The van der Waals surface area contributed by atoms with Crippen LogP contribution in [0.4, 0.5) is 10.7 Å². The molecule has 2 amide bonds. The molecule has 1 aromatic heterocycles. The van der Waals surface area contributed by atoms with E-state index in [0.717, 1.165) is 15.7 Å². The maximum absolute atomic E-state index is 12.4. The van der Waals surface area contributed by atoms with Crippen molar-refractivity contribution in [3.8, 4) is 0 Å². The molecule has 2 aromatic rings. The predicted molar refractivity (Wildman–Crippen MR) is 78.5 cm³/mol. The lowest BCUT2D eigenvalue weighted by atomic mass is 10.2. The Morgan fingerprint density at radius 1 is 1.35 bits per heavy atom. The van der Waals surface area contributed by atoms with Gasteiger partial charge < -0.3 is 9.42 Å². The highest BCUT2D eigenvalue weighted by molar-refractivity contribution is 9.10. The number of nitrogens with zero attached hydrogens (tertiary/aromatic N) is 3. The van der Waals surface area contributed by atoms with Gasteiger partial charge in [-0.2, -0.15) is 0 Å². The van der Waals surface area contributed by atoms with Gasteiger partial charge >= 0.3 is 6.03 Å². The third-order valence-electron chi connectivity index (χ3n) is 3.30. The number of aryl methyl sites for hydroxylation is 1. The van der Waals surface area contributed by atoms with Gasteiger partial charge in [-0.3, -0.25) is 4.90 Å². The van der Waals surface area contributed by atoms with Crippen LogP contribution in [0.15, 0.2) is 39.3 Å². The number of amides is 2. The Hall–Kier alpha value is -1.82. The topological polar surface area (TPSA) is 49.6 Å². The summed E-state index contributed by atoms with van der Waals surface area (Å²) in [6, 6.07) is 9.66. The molecule has 0 bridgehead atoms. The summed E-state index contributed by atoms with van der Waals surface area (Å²) in [6.45, 7) is 3.73. The second-order valence-corrected chi connectivity index (χ2v) is 5.61. The van der Waals surface area contributed by atoms with Crippen LogP contribution < -0.4 is 4.90 Å². The van der Waals surface area contributed by atoms with Crippen molar-refractivity contribution in [3.05, 3.63) is 46.1 Å². The number of carbonyl (C=O) groups is 1. The summed E-state index contributed by atoms with van der Waals surface area (Å²) in [5.41, 5.74) is 1.87. The highest BCUT2D eigenvalue weighted by Crippen LogP contribution is 2.24. The van der Waals surface area contributed by atoms with E-state index in [4.69, 9.17) is 4.52 Å². The number of benzene rings is 1. The molecule has 0 N–H and O–H groups in total. The molecule has 1 aliphatic heterocycles. The van der Waals surface area contributed by atoms with Gasteiger partial charge in [-0.15, -0.1) is 0 Å². The molecule has 2 heterocycles. The van der Waals surface area contributed by atoms with Crippen LogP contribution in [0.1, 0.15) is 11.3 Å². The lowest BCUT2D eigenvalue weighted by Crippen LogP contribution is -2.31. The fourth-order valence-electron chi connectivity index (χ4n) is 2.24. The number of anilines is 1. The minimum atomic E-state index is -0.0445. The fourth-order valence-corrected chi connectivity index (χ4v) is 2.65. The van der Waals surface area contributed by atoms with Crippen LogP contribution in [0.5, 0.6) is 0 Å². The smallest absolute Gasteiger partial charge is 0.327 e. The van der Waals surface area contributed by atoms with E-state index in [1.165, 1.54) is 0 Å². The molecule has 1 fully saturated rings. The maximum Gasteiger partial charge on any atom is 0.327 e. The standard InChI is InChI=1S/C14H14BrN3O2/c1-10-8-13(20-16-10)18-7-6-17(14(18)19)9-11-4-2-3-5-12(11)15/h2-5,8H,6-7,9H2,1H3. The average molecular weight is 336 g/mol. The monoisotopic (exact) mass is 335 g/mol. The number of rotatable bonds is 3. The van der Waals surface area contributed by atoms with Crippen molar-refractivity contribution in [1.29, 1.82) is 0 Å². The summed E-state index contributed by atoms with van der Waals surface area (Å²) in [4.78, 5) is 15.8. The Kier molecular flexibility index (Phi) is 3.48. The molecule has 1 saturated heterocycles. The van der Waals surface area contributed by atoms with Gasteiger partial charge in [0.05, 0.1) is 5.69 Å². The van der Waals surface area contributed by atoms with Gasteiger partial charge in [0.1, 0.15) is 0 Å². The highest BCUT2D eigenvalue weighted by atomic mass is 79.9. The van der Waals surface area contributed by atoms with Crippen molar-refractivity contribution in [2.45, 2.75) is 13.5 Å². The predicted octanol–water partition coefficient (Wildman–Crippen LogP) is 3.19. The Bertz CT molecular complexity index is 641. The molecule has 0 aliphatic carbocycles. The summed E-state index contributed by atoms with van der Waals surface area (Å²) >= 11 is 3.51. The van der Waals surface area contributed by atoms with Crippen molar-refractivity contribution < 1.29 is 9.32 Å². The number of aromatic nitrogens is 1. The maximum atomic E-state index is 12.4. The Balaban J connectivity index is 1.75. The normalized spacial score (nSPS) is 15.2. The van der Waals surface area contributed by atoms with E-state index in [2.05, 4.69) is 21.1 Å². The molecule has 20 heavy (non-hydrogen) atoms. The number of carbonyl (C=O) groups excluding carboxylic acids is 1. The largest absolute Gasteiger partial charge is 0.338 e. The number of hydrogen-bond donors (Lipinski definition) is 0. The van der Waals surface area contributed by atoms with Crippen molar-refractivity contribution in [2.24, 2.45) is 0 Å². The molecule has 0 unspecified atom stereocenters. The van der Waals surface area contributed by atoms with Crippen LogP contribution in [-0.4, -0.2) is 29.2 Å². The molecule has 5 nitrogen and oxygen atoms in total. The SMILES string of the molecule is Cc1cc(N2CCN(Cc3ccccc3Br)C2=O)on1. The molecule has 3 rings (SSSR count). The quantitative estimate of drug-likeness (QED) is 0.865. The van der Waals surface area contributed by atoms with Crippen LogP contribution >= 0.6 is 15.9 Å². The molecule has 1 aliphatic rings. The first-order chi connectivity index (χ1) is 9.65. The van der Waals surface area contributed by atoms with Crippen LogP contribution in [0.2, 0.25) is 0 Å². The van der Waals surface area contributed by atoms with Crippen LogP contribution in [0.3, 0.4) is 0 Å². The summed E-state index contributed by atoms with van der Waals surface area (Å²) in [7, 11) is 0. The van der Waals surface area contributed by atoms with Gasteiger partial charge in [0, 0.05) is 30.2 Å². The van der Waals surface area contributed by atoms with E-state index >= 15 is 0 Å². The summed E-state index contributed by atoms with van der Waals surface area (Å²) < 4.78 is 6.18. The number of hydrogen-bond acceptors (Lipinski definition) is 3. The van der Waals surface area contributed by atoms with Gasteiger partial charge in [-0.1, -0.05) is 39.3 Å². The number of halogens is 1. The van der Waals surface area contributed by atoms with E-state index < -0.39 is 0 Å². The summed E-state index contributed by atoms with van der Waals surface area (Å²) in [5, 5.41) is 3.82. The van der Waals surface area contributed by atoms with Crippen molar-refractivity contribution >= 4 is 27.8 Å². The van der Waals surface area contributed by atoms with Crippen molar-refractivity contribution in [3.63, 3.8) is 0 Å². The van der Waals surface area contributed by atoms with Gasteiger partial charge in [0.15, 0.2) is 0 Å². The van der Waals surface area contributed by atoms with Crippen LogP contribution in [0, 0.1) is 6.92 Å². The second-order valence-electron chi connectivity index (χ2n) is 4.75. The van der Waals surface area contributed by atoms with E-state index in [9.17, 15) is 4.79 Å². The molecular formula is C14H14BrN3O2. The highest BCUT2D eigenvalue weighted by Gasteiger charge is 2.31. The fraction of sp³-hybridized carbons (Fsp3) is 0.286. The summed E-state index contributed by atoms with van der Waals surface area (Å²) in [6.07, 6.45) is 0. The van der Waals surface area contributed by atoms with E-state index in [1.807, 2.05) is 31.2 Å². The first-order valence-corrected chi connectivity index (χ1v) is 7.17. The molecule has 1 aromatic carbocycles. The first-order valence-electron chi connectivity index (χ1n) is 6.38. The molecule has 0 radical (unpaired) electrons. The van der Waals surface area contributed by atoms with Crippen LogP contribution in [-0.2, 0) is 6.54 Å². The molecule has 6 heteroatoms. The lowest BCUT2D eigenvalue weighted by molar-refractivity contribution is 0.217. The average Bonchev–Trinajstić information content (AvgIpc) is 3.00. The zero-order chi connectivity index (χ0) is 14.1. The Labute approximate surface area is 125 Å². The van der Waals surface area contributed by atoms with Crippen molar-refractivity contribution in [1.82, 2.24) is 10.1 Å². The first kappa shape index (κ1) is 13.2. The van der Waals surface area contributed by atoms with Gasteiger partial charge in [-0.05, 0) is 18.6 Å². The second kappa shape index (κ2) is 5.28. The molecule has 0 saturated carbocycles. The zero-order valence-electron chi connectivity index (χ0n) is 11.0. The van der Waals surface area contributed by atoms with E-state index in [0.29, 0.717) is 25.5 Å². The number of urea groups is 1. The molecule has 104 valence electrons. The van der Waals surface area contributed by atoms with Gasteiger partial charge in [-0.25, -0.2) is 4.79 Å². The van der Waals surface area contributed by atoms with E-state index in [-0.39, 0.29) is 6.03 Å². The molecule has 0 atom stereocenters. The van der Waals surface area contributed by atoms with Gasteiger partial charge in [0.2, 0.25) is 5.88 Å². The Morgan fingerprint density at radius 3 is 2.85 bits per heavy atom. The summed E-state index contributed by atoms with van der Waals surface area (Å²) in [5.74, 6) is 0.516. The Morgan fingerprint density at radius 2 is 2.15 bits per heavy atom. The molecular weight excluding hydrogens is 322 g/mol. The minimum Gasteiger partial charge on any atom is -0.338 e. The molecule has 0 spiro atoms. The van der Waals surface area contributed by atoms with Gasteiger partial charge in [0.25, 0.3) is 0 Å². The third kappa shape index (κ3) is 2.43.